The fourth-order valence-electron chi connectivity index (χ4n) is 2.45. The Balaban J connectivity index is 1.67. The number of carbonyl (C=O) groups is 2. The van der Waals surface area contributed by atoms with Gasteiger partial charge in [0.15, 0.2) is 0 Å². The van der Waals surface area contributed by atoms with E-state index in [0.29, 0.717) is 6.54 Å². The number of rotatable bonds is 5. The Morgan fingerprint density at radius 3 is 2.57 bits per heavy atom. The van der Waals surface area contributed by atoms with Crippen LogP contribution in [0.15, 0.2) is 28.7 Å². The Kier molecular flexibility index (Phi) is 5.76. The number of carbonyl (C=O) groups excluding carboxylic acids is 2. The highest BCUT2D eigenvalue weighted by Gasteiger charge is 2.27. The molecule has 21 heavy (non-hydrogen) atoms. The molecule has 114 valence electrons. The van der Waals surface area contributed by atoms with Gasteiger partial charge in [-0.2, -0.15) is 0 Å². The van der Waals surface area contributed by atoms with Crippen LogP contribution in [0.1, 0.15) is 25.7 Å². The molecule has 1 aliphatic rings. The fourth-order valence-corrected chi connectivity index (χ4v) is 2.72. The summed E-state index contributed by atoms with van der Waals surface area (Å²) in [5.74, 6) is -0.0883. The van der Waals surface area contributed by atoms with Gasteiger partial charge in [0.1, 0.15) is 0 Å². The molecule has 1 aliphatic carbocycles. The molecule has 2 atom stereocenters. The van der Waals surface area contributed by atoms with Crippen LogP contribution in [-0.2, 0) is 9.59 Å². The third kappa shape index (κ3) is 5.13. The minimum atomic E-state index is -0.110. The Morgan fingerprint density at radius 1 is 1.24 bits per heavy atom. The van der Waals surface area contributed by atoms with Crippen LogP contribution in [0.2, 0.25) is 0 Å². The summed E-state index contributed by atoms with van der Waals surface area (Å²) in [5.41, 5.74) is 6.54. The quantitative estimate of drug-likeness (QED) is 0.756. The Morgan fingerprint density at radius 2 is 1.95 bits per heavy atom. The van der Waals surface area contributed by atoms with Gasteiger partial charge in [0, 0.05) is 35.1 Å². The number of halogens is 1. The summed E-state index contributed by atoms with van der Waals surface area (Å²) >= 11 is 3.34. The minimum absolute atomic E-state index is 0.00883. The molecule has 1 aromatic carbocycles. The van der Waals surface area contributed by atoms with Crippen molar-refractivity contribution < 1.29 is 9.59 Å². The fraction of sp³-hybridized carbons (Fsp3) is 0.467. The van der Waals surface area contributed by atoms with Crippen molar-refractivity contribution >= 4 is 33.4 Å². The Labute approximate surface area is 132 Å². The summed E-state index contributed by atoms with van der Waals surface area (Å²) in [6, 6.07) is 7.50. The topological polar surface area (TPSA) is 84.2 Å². The van der Waals surface area contributed by atoms with Crippen LogP contribution in [-0.4, -0.2) is 24.4 Å². The number of anilines is 1. The summed E-state index contributed by atoms with van der Waals surface area (Å²) in [4.78, 5) is 23.6. The highest BCUT2D eigenvalue weighted by molar-refractivity contribution is 9.10. The molecule has 2 amide bonds. The van der Waals surface area contributed by atoms with E-state index in [1.165, 1.54) is 0 Å². The third-order valence-corrected chi connectivity index (χ3v) is 4.15. The number of nitrogens with one attached hydrogen (secondary N) is 2. The molecule has 0 aromatic heterocycles. The summed E-state index contributed by atoms with van der Waals surface area (Å²) in [5, 5.41) is 5.60. The lowest BCUT2D eigenvalue weighted by Crippen LogP contribution is -2.32. The predicted molar refractivity (Wildman–Crippen MR) is 85.7 cm³/mol. The molecule has 0 saturated heterocycles. The highest BCUT2D eigenvalue weighted by Crippen LogP contribution is 2.23. The van der Waals surface area contributed by atoms with E-state index in [9.17, 15) is 9.59 Å². The summed E-state index contributed by atoms with van der Waals surface area (Å²) in [6.45, 7) is 0.354. The largest absolute Gasteiger partial charge is 0.355 e. The first-order chi connectivity index (χ1) is 10.0. The molecule has 5 nitrogen and oxygen atoms in total. The third-order valence-electron chi connectivity index (χ3n) is 3.62. The van der Waals surface area contributed by atoms with Gasteiger partial charge < -0.3 is 16.4 Å². The smallest absolute Gasteiger partial charge is 0.226 e. The Bertz CT molecular complexity index is 504. The van der Waals surface area contributed by atoms with Gasteiger partial charge in [-0.15, -0.1) is 0 Å². The first-order valence-corrected chi connectivity index (χ1v) is 7.92. The van der Waals surface area contributed by atoms with Crippen molar-refractivity contribution in [2.24, 2.45) is 11.7 Å². The standard InChI is InChI=1S/C15H20BrN3O2/c16-11-2-5-13(6-3-11)19-14(20)7-8-18-15(21)10-1-4-12(17)9-10/h2-3,5-6,10,12H,1,4,7-9,17H2,(H,18,21)(H,19,20). The number of amides is 2. The molecule has 0 aliphatic heterocycles. The molecule has 0 spiro atoms. The maximum Gasteiger partial charge on any atom is 0.226 e. The molecule has 1 fully saturated rings. The zero-order valence-corrected chi connectivity index (χ0v) is 13.4. The zero-order valence-electron chi connectivity index (χ0n) is 11.8. The SMILES string of the molecule is NC1CCC(C(=O)NCCC(=O)Nc2ccc(Br)cc2)C1. The first-order valence-electron chi connectivity index (χ1n) is 7.13. The van der Waals surface area contributed by atoms with Crippen LogP contribution >= 0.6 is 15.9 Å². The number of hydrogen-bond acceptors (Lipinski definition) is 3. The van der Waals surface area contributed by atoms with Gasteiger partial charge >= 0.3 is 0 Å². The molecule has 1 saturated carbocycles. The second-order valence-electron chi connectivity index (χ2n) is 5.37. The molecule has 4 N–H and O–H groups in total. The van der Waals surface area contributed by atoms with E-state index in [-0.39, 0.29) is 30.2 Å². The highest BCUT2D eigenvalue weighted by atomic mass is 79.9. The summed E-state index contributed by atoms with van der Waals surface area (Å²) in [6.07, 6.45) is 2.76. The van der Waals surface area contributed by atoms with Crippen LogP contribution in [0.3, 0.4) is 0 Å². The second kappa shape index (κ2) is 7.56. The van der Waals surface area contributed by atoms with Crippen molar-refractivity contribution in [1.29, 1.82) is 0 Å². The van der Waals surface area contributed by atoms with E-state index in [0.717, 1.165) is 29.4 Å². The van der Waals surface area contributed by atoms with Gasteiger partial charge in [-0.25, -0.2) is 0 Å². The molecule has 0 bridgehead atoms. The number of benzene rings is 1. The van der Waals surface area contributed by atoms with Crippen molar-refractivity contribution in [2.45, 2.75) is 31.7 Å². The molecule has 0 heterocycles. The van der Waals surface area contributed by atoms with Gasteiger partial charge in [0.05, 0.1) is 0 Å². The van der Waals surface area contributed by atoms with Crippen LogP contribution < -0.4 is 16.4 Å². The van der Waals surface area contributed by atoms with Crippen molar-refractivity contribution in [1.82, 2.24) is 5.32 Å². The van der Waals surface area contributed by atoms with Gasteiger partial charge in [0.2, 0.25) is 11.8 Å². The predicted octanol–water partition coefficient (Wildman–Crippen LogP) is 2.02. The molecule has 6 heteroatoms. The molecule has 1 aromatic rings. The van der Waals surface area contributed by atoms with E-state index < -0.39 is 0 Å². The molecule has 2 rings (SSSR count). The van der Waals surface area contributed by atoms with Gasteiger partial charge in [-0.3, -0.25) is 9.59 Å². The van der Waals surface area contributed by atoms with E-state index in [1.807, 2.05) is 24.3 Å². The lowest BCUT2D eigenvalue weighted by Gasteiger charge is -2.11. The van der Waals surface area contributed by atoms with E-state index >= 15 is 0 Å². The first kappa shape index (κ1) is 16.0. The van der Waals surface area contributed by atoms with E-state index in [2.05, 4.69) is 26.6 Å². The number of hydrogen-bond donors (Lipinski definition) is 3. The number of nitrogens with two attached hydrogens (primary N) is 1. The molecule has 0 radical (unpaired) electrons. The monoisotopic (exact) mass is 353 g/mol. The summed E-state index contributed by atoms with van der Waals surface area (Å²) < 4.78 is 0.961. The van der Waals surface area contributed by atoms with Crippen molar-refractivity contribution in [3.8, 4) is 0 Å². The maximum absolute atomic E-state index is 11.9. The van der Waals surface area contributed by atoms with Crippen LogP contribution in [0.5, 0.6) is 0 Å². The lowest BCUT2D eigenvalue weighted by molar-refractivity contribution is -0.124. The summed E-state index contributed by atoms with van der Waals surface area (Å²) in [7, 11) is 0. The average molecular weight is 354 g/mol. The molecule has 2 unspecified atom stereocenters. The van der Waals surface area contributed by atoms with Crippen LogP contribution in [0.4, 0.5) is 5.69 Å². The van der Waals surface area contributed by atoms with E-state index in [1.54, 1.807) is 0 Å². The van der Waals surface area contributed by atoms with Crippen LogP contribution in [0, 0.1) is 5.92 Å². The zero-order chi connectivity index (χ0) is 15.2. The molecular formula is C15H20BrN3O2. The van der Waals surface area contributed by atoms with Gasteiger partial charge in [-0.1, -0.05) is 15.9 Å². The van der Waals surface area contributed by atoms with Gasteiger partial charge in [0.25, 0.3) is 0 Å². The lowest BCUT2D eigenvalue weighted by atomic mass is 10.1. The minimum Gasteiger partial charge on any atom is -0.355 e. The average Bonchev–Trinajstić information content (AvgIpc) is 2.88. The van der Waals surface area contributed by atoms with Crippen LogP contribution in [0.25, 0.3) is 0 Å². The van der Waals surface area contributed by atoms with E-state index in [4.69, 9.17) is 5.73 Å². The second-order valence-corrected chi connectivity index (χ2v) is 6.28. The normalized spacial score (nSPS) is 21.0. The van der Waals surface area contributed by atoms with Gasteiger partial charge in [-0.05, 0) is 43.5 Å². The Hall–Kier alpha value is -1.40. The van der Waals surface area contributed by atoms with Crippen molar-refractivity contribution in [3.63, 3.8) is 0 Å². The molecular weight excluding hydrogens is 334 g/mol. The maximum atomic E-state index is 11.9. The van der Waals surface area contributed by atoms with Crippen molar-refractivity contribution in [3.05, 3.63) is 28.7 Å². The van der Waals surface area contributed by atoms with Crippen molar-refractivity contribution in [2.75, 3.05) is 11.9 Å².